The number of fused-ring (bicyclic) bond motifs is 1. The van der Waals surface area contributed by atoms with Crippen LogP contribution in [0.25, 0.3) is 10.9 Å². The molecule has 0 aliphatic carbocycles. The van der Waals surface area contributed by atoms with Crippen LogP contribution < -0.4 is 9.80 Å². The molecule has 1 aromatic heterocycles. The van der Waals surface area contributed by atoms with Gasteiger partial charge in [0.15, 0.2) is 0 Å². The molecular formula is C17H20N4. The van der Waals surface area contributed by atoms with Gasteiger partial charge in [-0.1, -0.05) is 0 Å². The van der Waals surface area contributed by atoms with Crippen LogP contribution in [0.4, 0.5) is 11.4 Å². The zero-order chi connectivity index (χ0) is 14.8. The topological polar surface area (TPSA) is 43.2 Å². The quantitative estimate of drug-likeness (QED) is 0.847. The van der Waals surface area contributed by atoms with Crippen LogP contribution in [0.1, 0.15) is 25.0 Å². The Balaban J connectivity index is 2.11. The fourth-order valence-electron chi connectivity index (χ4n) is 2.97. The molecule has 0 spiro atoms. The number of benzene rings is 1. The summed E-state index contributed by atoms with van der Waals surface area (Å²) in [6, 6.07) is 10.4. The van der Waals surface area contributed by atoms with Gasteiger partial charge in [0.05, 0.1) is 5.52 Å². The molecule has 4 heteroatoms. The Morgan fingerprint density at radius 1 is 1.14 bits per heavy atom. The summed E-state index contributed by atoms with van der Waals surface area (Å²) in [7, 11) is 4.01. The van der Waals surface area contributed by atoms with Crippen molar-refractivity contribution in [3.05, 3.63) is 30.0 Å². The maximum Gasteiger partial charge on any atom is 0.143 e. The van der Waals surface area contributed by atoms with Crippen LogP contribution in [0.2, 0.25) is 0 Å². The van der Waals surface area contributed by atoms with Crippen molar-refractivity contribution < 1.29 is 0 Å². The lowest BCUT2D eigenvalue weighted by Gasteiger charge is -2.29. The summed E-state index contributed by atoms with van der Waals surface area (Å²) in [5.41, 5.74) is 3.67. The maximum atomic E-state index is 9.12. The fourth-order valence-corrected chi connectivity index (χ4v) is 2.97. The van der Waals surface area contributed by atoms with E-state index < -0.39 is 0 Å². The van der Waals surface area contributed by atoms with Crippen LogP contribution >= 0.6 is 0 Å². The molecule has 3 rings (SSSR count). The predicted molar refractivity (Wildman–Crippen MR) is 86.8 cm³/mol. The van der Waals surface area contributed by atoms with Crippen LogP contribution in [0.3, 0.4) is 0 Å². The van der Waals surface area contributed by atoms with E-state index in [0.717, 1.165) is 29.7 Å². The van der Waals surface area contributed by atoms with Gasteiger partial charge in [0, 0.05) is 43.9 Å². The first-order valence-electron chi connectivity index (χ1n) is 7.46. The van der Waals surface area contributed by atoms with E-state index in [1.54, 1.807) is 0 Å². The molecule has 2 aromatic rings. The molecule has 1 fully saturated rings. The molecule has 0 bridgehead atoms. The normalized spacial score (nSPS) is 15.0. The van der Waals surface area contributed by atoms with Crippen molar-refractivity contribution >= 4 is 22.3 Å². The van der Waals surface area contributed by atoms with E-state index >= 15 is 0 Å². The van der Waals surface area contributed by atoms with Gasteiger partial charge < -0.3 is 9.80 Å². The van der Waals surface area contributed by atoms with Gasteiger partial charge in [-0.2, -0.15) is 5.26 Å². The number of hydrogen-bond donors (Lipinski definition) is 0. The standard InChI is InChI=1S/C17H20N4/c1-20(2)17-10-13(12-18)19-16-7-6-14(11-15(16)17)21-8-4-3-5-9-21/h6-7,10-11H,3-5,8-9H2,1-2H3. The predicted octanol–water partition coefficient (Wildman–Crippen LogP) is 3.16. The van der Waals surface area contributed by atoms with Gasteiger partial charge in [0.25, 0.3) is 0 Å². The van der Waals surface area contributed by atoms with Crippen LogP contribution in [-0.4, -0.2) is 32.2 Å². The minimum absolute atomic E-state index is 0.469. The number of piperidine rings is 1. The highest BCUT2D eigenvalue weighted by molar-refractivity contribution is 5.94. The Kier molecular flexibility index (Phi) is 3.66. The third kappa shape index (κ3) is 2.64. The van der Waals surface area contributed by atoms with E-state index in [1.165, 1.54) is 24.9 Å². The molecule has 0 N–H and O–H groups in total. The second-order valence-corrected chi connectivity index (χ2v) is 5.78. The first-order valence-corrected chi connectivity index (χ1v) is 7.46. The number of aromatic nitrogens is 1. The third-order valence-electron chi connectivity index (χ3n) is 4.09. The van der Waals surface area contributed by atoms with Crippen LogP contribution in [0.15, 0.2) is 24.3 Å². The van der Waals surface area contributed by atoms with Crippen molar-refractivity contribution in [2.75, 3.05) is 37.0 Å². The van der Waals surface area contributed by atoms with Gasteiger partial charge in [-0.3, -0.25) is 0 Å². The van der Waals surface area contributed by atoms with Crippen molar-refractivity contribution in [2.45, 2.75) is 19.3 Å². The van der Waals surface area contributed by atoms with Gasteiger partial charge in [0.1, 0.15) is 11.8 Å². The molecule has 1 aliphatic heterocycles. The van der Waals surface area contributed by atoms with E-state index in [2.05, 4.69) is 28.1 Å². The molecule has 2 heterocycles. The summed E-state index contributed by atoms with van der Waals surface area (Å²) in [6.45, 7) is 2.26. The molecule has 0 amide bonds. The van der Waals surface area contributed by atoms with E-state index in [-0.39, 0.29) is 0 Å². The Morgan fingerprint density at radius 3 is 2.57 bits per heavy atom. The minimum atomic E-state index is 0.469. The number of hydrogen-bond acceptors (Lipinski definition) is 4. The van der Waals surface area contributed by atoms with Gasteiger partial charge in [-0.15, -0.1) is 0 Å². The summed E-state index contributed by atoms with van der Waals surface area (Å²) in [4.78, 5) is 8.91. The first kappa shape index (κ1) is 13.7. The molecule has 4 nitrogen and oxygen atoms in total. The minimum Gasteiger partial charge on any atom is -0.377 e. The van der Waals surface area contributed by atoms with E-state index in [4.69, 9.17) is 5.26 Å². The molecule has 0 saturated carbocycles. The third-order valence-corrected chi connectivity index (χ3v) is 4.09. The number of pyridine rings is 1. The molecule has 0 atom stereocenters. The van der Waals surface area contributed by atoms with Crippen molar-refractivity contribution in [3.63, 3.8) is 0 Å². The summed E-state index contributed by atoms with van der Waals surface area (Å²) >= 11 is 0. The van der Waals surface area contributed by atoms with Crippen LogP contribution in [0, 0.1) is 11.3 Å². The Labute approximate surface area is 125 Å². The van der Waals surface area contributed by atoms with Gasteiger partial charge in [0.2, 0.25) is 0 Å². The van der Waals surface area contributed by atoms with Gasteiger partial charge in [-0.05, 0) is 43.5 Å². The average molecular weight is 280 g/mol. The number of rotatable bonds is 2. The SMILES string of the molecule is CN(C)c1cc(C#N)nc2ccc(N3CCCCC3)cc12. The fraction of sp³-hybridized carbons (Fsp3) is 0.412. The van der Waals surface area contributed by atoms with E-state index in [9.17, 15) is 0 Å². The lowest BCUT2D eigenvalue weighted by molar-refractivity contribution is 0.578. The highest BCUT2D eigenvalue weighted by Crippen LogP contribution is 2.30. The molecule has 21 heavy (non-hydrogen) atoms. The Hall–Kier alpha value is -2.28. The molecule has 0 radical (unpaired) electrons. The Morgan fingerprint density at radius 2 is 1.90 bits per heavy atom. The van der Waals surface area contributed by atoms with Crippen LogP contribution in [0.5, 0.6) is 0 Å². The highest BCUT2D eigenvalue weighted by Gasteiger charge is 2.13. The zero-order valence-corrected chi connectivity index (χ0v) is 12.6. The summed E-state index contributed by atoms with van der Waals surface area (Å²) in [6.07, 6.45) is 3.87. The van der Waals surface area contributed by atoms with Crippen molar-refractivity contribution in [3.8, 4) is 6.07 Å². The zero-order valence-electron chi connectivity index (χ0n) is 12.6. The lowest BCUT2D eigenvalue weighted by Crippen LogP contribution is -2.29. The largest absolute Gasteiger partial charge is 0.377 e. The number of anilines is 2. The number of nitriles is 1. The van der Waals surface area contributed by atoms with Crippen molar-refractivity contribution in [1.29, 1.82) is 5.26 Å². The monoisotopic (exact) mass is 280 g/mol. The highest BCUT2D eigenvalue weighted by atomic mass is 15.1. The van der Waals surface area contributed by atoms with E-state index in [1.807, 2.05) is 31.1 Å². The molecule has 1 aromatic carbocycles. The maximum absolute atomic E-state index is 9.12. The van der Waals surface area contributed by atoms with Gasteiger partial charge in [-0.25, -0.2) is 4.98 Å². The van der Waals surface area contributed by atoms with Crippen molar-refractivity contribution in [2.24, 2.45) is 0 Å². The molecule has 1 saturated heterocycles. The first-order chi connectivity index (χ1) is 10.2. The van der Waals surface area contributed by atoms with E-state index in [0.29, 0.717) is 5.69 Å². The average Bonchev–Trinajstić information content (AvgIpc) is 2.54. The number of nitrogens with zero attached hydrogens (tertiary/aromatic N) is 4. The molecule has 1 aliphatic rings. The second-order valence-electron chi connectivity index (χ2n) is 5.78. The molecular weight excluding hydrogens is 260 g/mol. The smallest absolute Gasteiger partial charge is 0.143 e. The second kappa shape index (κ2) is 5.61. The lowest BCUT2D eigenvalue weighted by atomic mass is 10.1. The summed E-state index contributed by atoms with van der Waals surface area (Å²) in [5, 5.41) is 10.2. The summed E-state index contributed by atoms with van der Waals surface area (Å²) < 4.78 is 0. The van der Waals surface area contributed by atoms with Crippen LogP contribution in [-0.2, 0) is 0 Å². The van der Waals surface area contributed by atoms with Crippen molar-refractivity contribution in [1.82, 2.24) is 4.98 Å². The summed E-state index contributed by atoms with van der Waals surface area (Å²) in [5.74, 6) is 0. The molecule has 108 valence electrons. The van der Waals surface area contributed by atoms with Gasteiger partial charge >= 0.3 is 0 Å². The molecule has 0 unspecified atom stereocenters. The Bertz CT molecular complexity index is 694.